The maximum absolute atomic E-state index is 12.0. The van der Waals surface area contributed by atoms with E-state index < -0.39 is 11.2 Å². The number of hydrogen-bond donors (Lipinski definition) is 1. The van der Waals surface area contributed by atoms with Crippen molar-refractivity contribution in [2.24, 2.45) is 0 Å². The van der Waals surface area contributed by atoms with Crippen LogP contribution in [0.2, 0.25) is 5.02 Å². The number of aliphatic hydroxyl groups is 1. The summed E-state index contributed by atoms with van der Waals surface area (Å²) in [6.45, 7) is 0. The van der Waals surface area contributed by atoms with E-state index in [9.17, 15) is 10.4 Å². The van der Waals surface area contributed by atoms with Crippen LogP contribution in [0.1, 0.15) is 41.0 Å². The van der Waals surface area contributed by atoms with Crippen molar-refractivity contribution < 1.29 is 9.84 Å². The average molecular weight is 389 g/mol. The van der Waals surface area contributed by atoms with Crippen molar-refractivity contribution >= 4 is 11.6 Å². The lowest BCUT2D eigenvalue weighted by molar-refractivity contribution is -0.105. The Morgan fingerprint density at radius 3 is 2.57 bits per heavy atom. The summed E-state index contributed by atoms with van der Waals surface area (Å²) < 4.78 is 6.55. The molecule has 1 fully saturated rings. The molecule has 3 atom stereocenters. The van der Waals surface area contributed by atoms with Crippen LogP contribution in [-0.2, 0) is 11.2 Å². The Bertz CT molecular complexity index is 1090. The zero-order valence-corrected chi connectivity index (χ0v) is 15.7. The van der Waals surface area contributed by atoms with E-state index in [0.29, 0.717) is 28.3 Å². The summed E-state index contributed by atoms with van der Waals surface area (Å²) in [6.07, 6.45) is 4.43. The molecule has 0 bridgehead atoms. The number of fused-ring (bicyclic) bond motifs is 3. The number of nitriles is 1. The van der Waals surface area contributed by atoms with Gasteiger partial charge in [0, 0.05) is 12.1 Å². The van der Waals surface area contributed by atoms with Crippen molar-refractivity contribution in [1.82, 2.24) is 4.98 Å². The quantitative estimate of drug-likeness (QED) is 0.693. The van der Waals surface area contributed by atoms with Crippen LogP contribution in [0, 0.1) is 11.3 Å². The number of pyridine rings is 1. The minimum atomic E-state index is -1.28. The number of halogens is 1. The van der Waals surface area contributed by atoms with Crippen molar-refractivity contribution in [2.45, 2.75) is 30.0 Å². The number of nitrogens with zero attached hydrogens (tertiary/aromatic N) is 2. The van der Waals surface area contributed by atoms with Gasteiger partial charge in [-0.05, 0) is 36.1 Å². The molecule has 3 unspecified atom stereocenters. The molecule has 5 rings (SSSR count). The summed E-state index contributed by atoms with van der Waals surface area (Å²) in [5.74, 6) is 0.440. The minimum Gasteiger partial charge on any atom is -0.476 e. The van der Waals surface area contributed by atoms with E-state index in [4.69, 9.17) is 16.3 Å². The molecule has 0 amide bonds. The SMILES string of the molecule is N#Cc1ccc(C23Oc4cncc(Cl)c4C2(O)CCC3c2ccccc2)cc1. The molecule has 138 valence electrons. The highest BCUT2D eigenvalue weighted by Crippen LogP contribution is 2.67. The van der Waals surface area contributed by atoms with Crippen LogP contribution >= 0.6 is 11.6 Å². The fraction of sp³-hybridized carbons (Fsp3) is 0.217. The number of ether oxygens (including phenoxy) is 1. The molecule has 2 aromatic carbocycles. The average Bonchev–Trinajstić information content (AvgIpc) is 3.16. The number of hydrogen-bond acceptors (Lipinski definition) is 4. The van der Waals surface area contributed by atoms with Crippen LogP contribution in [0.4, 0.5) is 0 Å². The standard InChI is InChI=1S/C23H17ClN2O2/c24-19-13-26-14-20-21(19)22(27)11-10-18(16-4-2-1-3-5-16)23(22,28-20)17-8-6-15(12-25)7-9-17/h1-9,13-14,18,27H,10-11H2. The van der Waals surface area contributed by atoms with Gasteiger partial charge in [0.15, 0.2) is 5.60 Å². The van der Waals surface area contributed by atoms with Crippen molar-refractivity contribution in [2.75, 3.05) is 0 Å². The van der Waals surface area contributed by atoms with Gasteiger partial charge in [0.1, 0.15) is 11.4 Å². The summed E-state index contributed by atoms with van der Waals surface area (Å²) >= 11 is 6.47. The van der Waals surface area contributed by atoms with E-state index in [1.165, 1.54) is 0 Å². The van der Waals surface area contributed by atoms with Crippen molar-refractivity contribution in [3.8, 4) is 11.8 Å². The largest absolute Gasteiger partial charge is 0.476 e. The van der Waals surface area contributed by atoms with E-state index >= 15 is 0 Å². The summed E-state index contributed by atoms with van der Waals surface area (Å²) in [7, 11) is 0. The highest BCUT2D eigenvalue weighted by molar-refractivity contribution is 6.31. The Labute approximate surface area is 168 Å². The molecule has 1 aromatic heterocycles. The third-order valence-electron chi connectivity index (χ3n) is 6.09. The van der Waals surface area contributed by atoms with Gasteiger partial charge in [-0.15, -0.1) is 0 Å². The Morgan fingerprint density at radius 2 is 1.86 bits per heavy atom. The molecule has 2 heterocycles. The van der Waals surface area contributed by atoms with E-state index in [1.807, 2.05) is 30.3 Å². The Hall–Kier alpha value is -2.87. The van der Waals surface area contributed by atoms with Gasteiger partial charge >= 0.3 is 0 Å². The number of rotatable bonds is 2. The molecule has 0 radical (unpaired) electrons. The first-order valence-electron chi connectivity index (χ1n) is 9.21. The van der Waals surface area contributed by atoms with Crippen LogP contribution < -0.4 is 4.74 Å². The fourth-order valence-electron chi connectivity index (χ4n) is 4.94. The van der Waals surface area contributed by atoms with E-state index in [0.717, 1.165) is 17.5 Å². The predicted octanol–water partition coefficient (Wildman–Crippen LogP) is 4.66. The van der Waals surface area contributed by atoms with E-state index in [-0.39, 0.29) is 5.92 Å². The van der Waals surface area contributed by atoms with Gasteiger partial charge in [-0.1, -0.05) is 54.1 Å². The molecule has 0 saturated heterocycles. The first-order chi connectivity index (χ1) is 13.6. The Morgan fingerprint density at radius 1 is 1.11 bits per heavy atom. The molecule has 1 saturated carbocycles. The third-order valence-corrected chi connectivity index (χ3v) is 6.38. The first-order valence-corrected chi connectivity index (χ1v) is 9.59. The summed E-state index contributed by atoms with van der Waals surface area (Å²) in [6, 6.07) is 19.5. The zero-order valence-electron chi connectivity index (χ0n) is 15.0. The smallest absolute Gasteiger partial charge is 0.174 e. The molecule has 2 aliphatic rings. The van der Waals surface area contributed by atoms with E-state index in [1.54, 1.807) is 24.5 Å². The molecule has 1 aliphatic heterocycles. The van der Waals surface area contributed by atoms with Crippen LogP contribution in [-0.4, -0.2) is 10.1 Å². The molecule has 0 spiro atoms. The third kappa shape index (κ3) is 2.12. The molecule has 4 nitrogen and oxygen atoms in total. The number of benzene rings is 2. The van der Waals surface area contributed by atoms with Crippen LogP contribution in [0.5, 0.6) is 5.75 Å². The number of aromatic nitrogens is 1. The Kier molecular flexibility index (Phi) is 3.74. The van der Waals surface area contributed by atoms with Gasteiger partial charge in [0.2, 0.25) is 0 Å². The van der Waals surface area contributed by atoms with Gasteiger partial charge in [-0.3, -0.25) is 4.98 Å². The molecule has 5 heteroatoms. The molecular weight excluding hydrogens is 372 g/mol. The second-order valence-corrected chi connectivity index (χ2v) is 7.79. The second-order valence-electron chi connectivity index (χ2n) is 7.38. The van der Waals surface area contributed by atoms with Crippen molar-refractivity contribution in [3.05, 3.63) is 94.3 Å². The van der Waals surface area contributed by atoms with Gasteiger partial charge < -0.3 is 9.84 Å². The molecule has 1 aliphatic carbocycles. The van der Waals surface area contributed by atoms with Crippen LogP contribution in [0.15, 0.2) is 67.0 Å². The minimum absolute atomic E-state index is 0.0740. The van der Waals surface area contributed by atoms with Crippen LogP contribution in [0.25, 0.3) is 0 Å². The molecule has 3 aromatic rings. The second kappa shape index (κ2) is 6.07. The highest BCUT2D eigenvalue weighted by atomic mass is 35.5. The maximum atomic E-state index is 12.0. The van der Waals surface area contributed by atoms with Crippen molar-refractivity contribution in [1.29, 1.82) is 5.26 Å². The molecule has 1 N–H and O–H groups in total. The monoisotopic (exact) mass is 388 g/mol. The molecular formula is C23H17ClN2O2. The molecule has 28 heavy (non-hydrogen) atoms. The summed E-state index contributed by atoms with van der Waals surface area (Å²) in [5, 5.41) is 21.6. The van der Waals surface area contributed by atoms with E-state index in [2.05, 4.69) is 23.2 Å². The topological polar surface area (TPSA) is 66.1 Å². The van der Waals surface area contributed by atoms with Crippen LogP contribution in [0.3, 0.4) is 0 Å². The predicted molar refractivity (Wildman–Crippen MR) is 105 cm³/mol. The summed E-state index contributed by atoms with van der Waals surface area (Å²) in [4.78, 5) is 4.15. The maximum Gasteiger partial charge on any atom is 0.174 e. The highest BCUT2D eigenvalue weighted by Gasteiger charge is 2.69. The zero-order chi connectivity index (χ0) is 19.4. The van der Waals surface area contributed by atoms with Gasteiger partial charge in [-0.2, -0.15) is 5.26 Å². The van der Waals surface area contributed by atoms with Crippen molar-refractivity contribution in [3.63, 3.8) is 0 Å². The first kappa shape index (κ1) is 17.2. The van der Waals surface area contributed by atoms with Gasteiger partial charge in [0.25, 0.3) is 0 Å². The van der Waals surface area contributed by atoms with Gasteiger partial charge in [0.05, 0.1) is 28.4 Å². The fourth-order valence-corrected chi connectivity index (χ4v) is 5.25. The lowest BCUT2D eigenvalue weighted by Gasteiger charge is -2.40. The van der Waals surface area contributed by atoms with Gasteiger partial charge in [-0.25, -0.2) is 0 Å². The summed E-state index contributed by atoms with van der Waals surface area (Å²) in [5.41, 5.74) is 0.779. The lowest BCUT2D eigenvalue weighted by atomic mass is 9.72. The lowest BCUT2D eigenvalue weighted by Crippen LogP contribution is -2.48. The normalized spacial score (nSPS) is 27.5. The Balaban J connectivity index is 1.78.